The van der Waals surface area contributed by atoms with Crippen molar-refractivity contribution in [2.75, 3.05) is 0 Å². The van der Waals surface area contributed by atoms with Gasteiger partial charge < -0.3 is 0 Å². The fourth-order valence-electron chi connectivity index (χ4n) is 7.45. The topological polar surface area (TPSA) is 0 Å². The van der Waals surface area contributed by atoms with E-state index in [4.69, 9.17) is 17.0 Å². The van der Waals surface area contributed by atoms with Gasteiger partial charge in [0.05, 0.1) is 0 Å². The van der Waals surface area contributed by atoms with Crippen molar-refractivity contribution in [3.05, 3.63) is 106 Å². The zero-order chi connectivity index (χ0) is 28.9. The maximum atomic E-state index is 8.47. The predicted octanol–water partition coefficient (Wildman–Crippen LogP) is 11.9. The Morgan fingerprint density at radius 1 is 0.725 bits per heavy atom. The van der Waals surface area contributed by atoms with Gasteiger partial charge in [0.15, 0.2) is 0 Å². The molecule has 0 amide bonds. The van der Waals surface area contributed by atoms with Gasteiger partial charge in [0.2, 0.25) is 0 Å². The zero-order valence-corrected chi connectivity index (χ0v) is 30.4. The Kier molecular flexibility index (Phi) is 10.9. The molecule has 0 saturated carbocycles. The van der Waals surface area contributed by atoms with Crippen LogP contribution in [0.1, 0.15) is 106 Å². The first-order valence-electron chi connectivity index (χ1n) is 15.7. The zero-order valence-electron chi connectivity index (χ0n) is 25.2. The molecule has 2 atom stereocenters. The normalized spacial score (nSPS) is 19.0. The van der Waals surface area contributed by atoms with Crippen molar-refractivity contribution < 1.29 is 15.6 Å². The molecule has 4 heteroatoms. The summed E-state index contributed by atoms with van der Waals surface area (Å²) in [7, 11) is 16.9. The van der Waals surface area contributed by atoms with E-state index in [1.807, 2.05) is 12.2 Å². The monoisotopic (exact) mass is 669 g/mol. The number of allylic oxidation sites excluding steroid dienone is 4. The van der Waals surface area contributed by atoms with Gasteiger partial charge in [0.1, 0.15) is 0 Å². The molecule has 0 radical (unpaired) electrons. The molecule has 40 heavy (non-hydrogen) atoms. The van der Waals surface area contributed by atoms with E-state index in [2.05, 4.69) is 88.6 Å². The molecule has 2 aliphatic carbocycles. The van der Waals surface area contributed by atoms with Crippen molar-refractivity contribution in [2.24, 2.45) is 0 Å². The average molecular weight is 672 g/mol. The van der Waals surface area contributed by atoms with Gasteiger partial charge >= 0.3 is 255 Å². The third-order valence-corrected chi connectivity index (χ3v) is 61.6. The van der Waals surface area contributed by atoms with Crippen LogP contribution in [0.15, 0.2) is 72.9 Å². The molecule has 215 valence electrons. The molecule has 0 aromatic heterocycles. The average Bonchev–Trinajstić information content (AvgIpc) is 3.54. The summed E-state index contributed by atoms with van der Waals surface area (Å²) in [5, 5.41) is 0. The Morgan fingerprint density at radius 2 is 1.15 bits per heavy atom. The second kappa shape index (κ2) is 13.6. The predicted molar refractivity (Wildman–Crippen MR) is 181 cm³/mol. The fourth-order valence-corrected chi connectivity index (χ4v) is 39.2. The van der Waals surface area contributed by atoms with Crippen LogP contribution in [-0.2, 0) is 28.4 Å². The first-order chi connectivity index (χ1) is 19.2. The second-order valence-corrected chi connectivity index (χ2v) is 54.8. The second-order valence-electron chi connectivity index (χ2n) is 12.3. The van der Waals surface area contributed by atoms with Crippen LogP contribution in [0.2, 0.25) is 13.1 Å². The summed E-state index contributed by atoms with van der Waals surface area (Å²) < 4.78 is 0.401. The van der Waals surface area contributed by atoms with Crippen LogP contribution < -0.4 is 0 Å². The number of aryl methyl sites for hydroxylation is 2. The van der Waals surface area contributed by atoms with Crippen LogP contribution in [0.4, 0.5) is 0 Å². The van der Waals surface area contributed by atoms with E-state index in [-0.39, 0.29) is 7.25 Å². The van der Waals surface area contributed by atoms with E-state index in [1.165, 1.54) is 70.2 Å². The van der Waals surface area contributed by atoms with E-state index in [0.717, 1.165) is 38.5 Å². The molecule has 0 aliphatic heterocycles. The summed E-state index contributed by atoms with van der Waals surface area (Å²) in [6.07, 6.45) is 20.2. The molecule has 0 fully saturated rings. The van der Waals surface area contributed by atoms with Gasteiger partial charge in [-0.25, -0.2) is 0 Å². The van der Waals surface area contributed by atoms with Crippen molar-refractivity contribution in [2.45, 2.75) is 98.4 Å². The first kappa shape index (κ1) is 32.0. The molecule has 0 nitrogen and oxygen atoms in total. The minimum absolute atomic E-state index is 0.201. The third-order valence-electron chi connectivity index (χ3n) is 9.71. The van der Waals surface area contributed by atoms with Gasteiger partial charge in [-0.15, -0.1) is 0 Å². The van der Waals surface area contributed by atoms with E-state index >= 15 is 0 Å². The van der Waals surface area contributed by atoms with Crippen molar-refractivity contribution in [3.8, 4) is 0 Å². The number of benzene rings is 2. The molecule has 2 aromatic carbocycles. The standard InChI is InChI=1S/2C17H21.C2H7Si.2ClH.Zr/c2*1-3-5-6-7-9-15-10-8-11-16-12-14(4-2)13-17(15)16;1-3-2;;;/h2*3,8,10-13H,1,4-7,9H2,2H3;3H,1-2H3;2*1H;/q;;;;;+2/p-2. The van der Waals surface area contributed by atoms with Gasteiger partial charge in [0, 0.05) is 0 Å². The van der Waals surface area contributed by atoms with Crippen molar-refractivity contribution in [1.29, 1.82) is 0 Å². The molecule has 0 spiro atoms. The molecule has 2 aromatic rings. The Balaban J connectivity index is 1.83. The summed E-state index contributed by atoms with van der Waals surface area (Å²) in [5.41, 5.74) is 11.6. The van der Waals surface area contributed by atoms with E-state index in [0.29, 0.717) is 0 Å². The van der Waals surface area contributed by atoms with E-state index in [9.17, 15) is 0 Å². The fraction of sp³-hybridized carbons (Fsp3) is 0.444. The van der Waals surface area contributed by atoms with Crippen LogP contribution in [0, 0.1) is 0 Å². The van der Waals surface area contributed by atoms with Gasteiger partial charge in [-0.05, 0) is 0 Å². The molecule has 2 aliphatic rings. The van der Waals surface area contributed by atoms with Crippen molar-refractivity contribution >= 4 is 35.1 Å². The Labute approximate surface area is 253 Å². The summed E-state index contributed by atoms with van der Waals surface area (Å²) in [4.78, 5) is 0. The third kappa shape index (κ3) is 5.82. The summed E-state index contributed by atoms with van der Waals surface area (Å²) in [6.45, 7) is 17.3. The number of halogens is 2. The van der Waals surface area contributed by atoms with E-state index < -0.39 is 21.5 Å². The van der Waals surface area contributed by atoms with Gasteiger partial charge in [-0.3, -0.25) is 0 Å². The van der Waals surface area contributed by atoms with Gasteiger partial charge in [0.25, 0.3) is 0 Å². The Hall–Kier alpha value is -0.920. The van der Waals surface area contributed by atoms with E-state index in [1.54, 1.807) is 0 Å². The van der Waals surface area contributed by atoms with Crippen LogP contribution >= 0.6 is 17.0 Å². The van der Waals surface area contributed by atoms with Crippen LogP contribution in [0.3, 0.4) is 0 Å². The molecular weight excluding hydrogens is 623 g/mol. The molecule has 2 unspecified atom stereocenters. The Morgan fingerprint density at radius 3 is 1.50 bits per heavy atom. The van der Waals surface area contributed by atoms with Gasteiger partial charge in [-0.2, -0.15) is 0 Å². The van der Waals surface area contributed by atoms with Crippen molar-refractivity contribution in [1.82, 2.24) is 0 Å². The SMILES string of the molecule is C=CCCCCc1cccc2c1C=C(CC)[CH]2[Zr]([Cl])([Cl])([CH]1C(CC)=Cc2c(CCCCC=C)cccc21)[SiH](C)C. The van der Waals surface area contributed by atoms with Gasteiger partial charge in [-0.1, -0.05) is 0 Å². The quantitative estimate of drug-likeness (QED) is 0.100. The summed E-state index contributed by atoms with van der Waals surface area (Å²) in [5.74, 6) is -1.50. The number of fused-ring (bicyclic) bond motifs is 2. The number of hydrogen-bond donors (Lipinski definition) is 0. The molecular formula is C36H49Cl2SiZr. The van der Waals surface area contributed by atoms with Crippen molar-refractivity contribution in [3.63, 3.8) is 0 Å². The molecule has 0 bridgehead atoms. The minimum atomic E-state index is -4.60. The molecule has 4 rings (SSSR count). The van der Waals surface area contributed by atoms with Crippen LogP contribution in [-0.4, -0.2) is 5.92 Å². The molecule has 0 heterocycles. The number of rotatable bonds is 15. The molecule has 0 N–H and O–H groups in total. The molecule has 0 saturated heterocycles. The maximum absolute atomic E-state index is 8.47. The van der Waals surface area contributed by atoms with Crippen LogP contribution in [0.25, 0.3) is 12.2 Å². The number of unbranched alkanes of at least 4 members (excludes halogenated alkanes) is 4. The summed E-state index contributed by atoms with van der Waals surface area (Å²) in [6, 6.07) is 13.9. The van der Waals surface area contributed by atoms with Crippen LogP contribution in [0.5, 0.6) is 0 Å². The summed E-state index contributed by atoms with van der Waals surface area (Å²) >= 11 is -4.60. The first-order valence-corrected chi connectivity index (χ1v) is 32.0. The number of hydrogen-bond acceptors (Lipinski definition) is 0. The Bertz CT molecular complexity index is 1210.